The van der Waals surface area contributed by atoms with Crippen molar-refractivity contribution in [1.82, 2.24) is 10.2 Å². The Morgan fingerprint density at radius 3 is 2.69 bits per heavy atom. The molecule has 1 aliphatic rings. The fourth-order valence-corrected chi connectivity index (χ4v) is 3.09. The monoisotopic (exact) mass is 383 g/mol. The summed E-state index contributed by atoms with van der Waals surface area (Å²) in [7, 11) is 0. The second-order valence-corrected chi connectivity index (χ2v) is 6.45. The molecule has 1 aromatic rings. The molecule has 2 N–H and O–H groups in total. The SMILES string of the molecule is CCN(CC)C(=O)COc1cccc(NC(=O)[C@H]2CCN[C@@H](C)C2)c1.Cl. The molecule has 6 nitrogen and oxygen atoms in total. The second-order valence-electron chi connectivity index (χ2n) is 6.45. The Kier molecular flexibility index (Phi) is 9.44. The minimum Gasteiger partial charge on any atom is -0.484 e. The normalized spacial score (nSPS) is 19.2. The first-order valence-corrected chi connectivity index (χ1v) is 9.08. The van der Waals surface area contributed by atoms with Crippen LogP contribution in [-0.4, -0.2) is 49.0 Å². The van der Waals surface area contributed by atoms with Crippen LogP contribution in [-0.2, 0) is 9.59 Å². The largest absolute Gasteiger partial charge is 0.484 e. The molecule has 1 aromatic carbocycles. The number of hydrogen-bond donors (Lipinski definition) is 2. The van der Waals surface area contributed by atoms with E-state index in [1.807, 2.05) is 26.0 Å². The van der Waals surface area contributed by atoms with Crippen LogP contribution in [0.3, 0.4) is 0 Å². The molecule has 26 heavy (non-hydrogen) atoms. The number of amides is 2. The number of carbonyl (C=O) groups is 2. The quantitative estimate of drug-likeness (QED) is 0.759. The minimum atomic E-state index is -0.0388. The summed E-state index contributed by atoms with van der Waals surface area (Å²) in [6.45, 7) is 8.20. The average molecular weight is 384 g/mol. The highest BCUT2D eigenvalue weighted by atomic mass is 35.5. The topological polar surface area (TPSA) is 70.7 Å². The number of anilines is 1. The van der Waals surface area contributed by atoms with Crippen molar-refractivity contribution in [2.75, 3.05) is 31.6 Å². The van der Waals surface area contributed by atoms with Gasteiger partial charge in [0.05, 0.1) is 0 Å². The molecule has 0 aromatic heterocycles. The number of hydrogen-bond acceptors (Lipinski definition) is 4. The molecule has 1 saturated heterocycles. The maximum atomic E-state index is 12.4. The molecule has 1 fully saturated rings. The summed E-state index contributed by atoms with van der Waals surface area (Å²) in [5, 5.41) is 6.31. The molecule has 2 atom stereocenters. The van der Waals surface area contributed by atoms with Crippen LogP contribution in [0.4, 0.5) is 5.69 Å². The standard InChI is InChI=1S/C19H29N3O3.ClH/c1-4-22(5-2)18(23)13-25-17-8-6-7-16(12-17)21-19(24)15-9-10-20-14(3)11-15;/h6-8,12,14-15,20H,4-5,9-11,13H2,1-3H3,(H,21,24);1H/t14-,15-;/m0./s1. The molecule has 0 radical (unpaired) electrons. The van der Waals surface area contributed by atoms with Crippen LogP contribution < -0.4 is 15.4 Å². The summed E-state index contributed by atoms with van der Waals surface area (Å²) in [5.74, 6) is 0.620. The van der Waals surface area contributed by atoms with Crippen LogP contribution in [0, 0.1) is 5.92 Å². The molecule has 0 aliphatic carbocycles. The van der Waals surface area contributed by atoms with E-state index in [1.165, 1.54) is 0 Å². The summed E-state index contributed by atoms with van der Waals surface area (Å²) in [5.41, 5.74) is 0.698. The number of nitrogens with one attached hydrogen (secondary N) is 2. The second kappa shape index (κ2) is 11.0. The number of piperidine rings is 1. The van der Waals surface area contributed by atoms with Gasteiger partial charge in [0.25, 0.3) is 5.91 Å². The highest BCUT2D eigenvalue weighted by Gasteiger charge is 2.24. The number of likely N-dealkylation sites (N-methyl/N-ethyl adjacent to an activating group) is 1. The Bertz CT molecular complexity index is 593. The number of ether oxygens (including phenoxy) is 1. The molecule has 0 unspecified atom stereocenters. The Labute approximate surface area is 162 Å². The van der Waals surface area contributed by atoms with Crippen molar-refractivity contribution in [3.63, 3.8) is 0 Å². The Morgan fingerprint density at radius 1 is 1.31 bits per heavy atom. The van der Waals surface area contributed by atoms with E-state index in [1.54, 1.807) is 17.0 Å². The number of halogens is 1. The van der Waals surface area contributed by atoms with E-state index >= 15 is 0 Å². The highest BCUT2D eigenvalue weighted by Crippen LogP contribution is 2.21. The third kappa shape index (κ3) is 6.50. The lowest BCUT2D eigenvalue weighted by atomic mass is 9.92. The molecule has 1 heterocycles. The van der Waals surface area contributed by atoms with Crippen LogP contribution in [0.25, 0.3) is 0 Å². The lowest BCUT2D eigenvalue weighted by Crippen LogP contribution is -2.40. The van der Waals surface area contributed by atoms with Crippen LogP contribution in [0.5, 0.6) is 5.75 Å². The van der Waals surface area contributed by atoms with Crippen molar-refractivity contribution in [2.45, 2.75) is 39.7 Å². The summed E-state index contributed by atoms with van der Waals surface area (Å²) in [6.07, 6.45) is 1.70. The molecular formula is C19H30ClN3O3. The average Bonchev–Trinajstić information content (AvgIpc) is 2.61. The zero-order chi connectivity index (χ0) is 18.2. The van der Waals surface area contributed by atoms with Gasteiger partial charge in [0, 0.05) is 36.8 Å². The van der Waals surface area contributed by atoms with Gasteiger partial charge in [0.15, 0.2) is 6.61 Å². The Morgan fingerprint density at radius 2 is 2.04 bits per heavy atom. The fourth-order valence-electron chi connectivity index (χ4n) is 3.09. The predicted molar refractivity (Wildman–Crippen MR) is 106 cm³/mol. The van der Waals surface area contributed by atoms with Crippen molar-refractivity contribution < 1.29 is 14.3 Å². The number of nitrogens with zero attached hydrogens (tertiary/aromatic N) is 1. The summed E-state index contributed by atoms with van der Waals surface area (Å²) >= 11 is 0. The smallest absolute Gasteiger partial charge is 0.260 e. The van der Waals surface area contributed by atoms with Crippen molar-refractivity contribution >= 4 is 29.9 Å². The molecule has 0 spiro atoms. The lowest BCUT2D eigenvalue weighted by Gasteiger charge is -2.27. The zero-order valence-electron chi connectivity index (χ0n) is 15.8. The van der Waals surface area contributed by atoms with Crippen LogP contribution in [0.2, 0.25) is 0 Å². The van der Waals surface area contributed by atoms with E-state index in [0.717, 1.165) is 19.4 Å². The van der Waals surface area contributed by atoms with Gasteiger partial charge in [-0.2, -0.15) is 0 Å². The minimum absolute atomic E-state index is 0. The first-order valence-electron chi connectivity index (χ1n) is 9.08. The van der Waals surface area contributed by atoms with E-state index in [9.17, 15) is 9.59 Å². The van der Waals surface area contributed by atoms with Gasteiger partial charge >= 0.3 is 0 Å². The van der Waals surface area contributed by atoms with Crippen LogP contribution in [0.1, 0.15) is 33.6 Å². The van der Waals surface area contributed by atoms with Gasteiger partial charge in [-0.1, -0.05) is 6.07 Å². The van der Waals surface area contributed by atoms with Crippen LogP contribution >= 0.6 is 12.4 Å². The maximum Gasteiger partial charge on any atom is 0.260 e. The van der Waals surface area contributed by atoms with Gasteiger partial charge in [0.1, 0.15) is 5.75 Å². The summed E-state index contributed by atoms with van der Waals surface area (Å²) in [4.78, 5) is 26.1. The molecule has 2 amide bonds. The molecular weight excluding hydrogens is 354 g/mol. The van der Waals surface area contributed by atoms with Gasteiger partial charge in [-0.05, 0) is 52.3 Å². The van der Waals surface area contributed by atoms with Gasteiger partial charge in [-0.3, -0.25) is 9.59 Å². The number of benzene rings is 1. The molecule has 7 heteroatoms. The number of rotatable bonds is 7. The number of carbonyl (C=O) groups excluding carboxylic acids is 2. The summed E-state index contributed by atoms with van der Waals surface area (Å²) in [6, 6.07) is 7.57. The molecule has 146 valence electrons. The maximum absolute atomic E-state index is 12.4. The van der Waals surface area contributed by atoms with Crippen molar-refractivity contribution in [1.29, 1.82) is 0 Å². The first-order chi connectivity index (χ1) is 12.0. The first kappa shape index (κ1) is 22.3. The Hall–Kier alpha value is -1.79. The van der Waals surface area contributed by atoms with Gasteiger partial charge in [0.2, 0.25) is 5.91 Å². The van der Waals surface area contributed by atoms with Crippen LogP contribution in [0.15, 0.2) is 24.3 Å². The third-order valence-electron chi connectivity index (χ3n) is 4.57. The molecule has 0 bridgehead atoms. The van der Waals surface area contributed by atoms with E-state index in [-0.39, 0.29) is 36.7 Å². The van der Waals surface area contributed by atoms with E-state index in [0.29, 0.717) is 30.6 Å². The Balaban J connectivity index is 0.00000338. The zero-order valence-corrected chi connectivity index (χ0v) is 16.6. The molecule has 0 saturated carbocycles. The summed E-state index contributed by atoms with van der Waals surface area (Å²) < 4.78 is 5.58. The van der Waals surface area contributed by atoms with E-state index in [2.05, 4.69) is 17.6 Å². The van der Waals surface area contributed by atoms with Crippen molar-refractivity contribution in [3.05, 3.63) is 24.3 Å². The van der Waals surface area contributed by atoms with Crippen molar-refractivity contribution in [2.24, 2.45) is 5.92 Å². The molecule has 2 rings (SSSR count). The predicted octanol–water partition coefficient (Wildman–Crippen LogP) is 2.68. The third-order valence-corrected chi connectivity index (χ3v) is 4.57. The van der Waals surface area contributed by atoms with Gasteiger partial charge in [-0.15, -0.1) is 12.4 Å². The van der Waals surface area contributed by atoms with Gasteiger partial charge in [-0.25, -0.2) is 0 Å². The van der Waals surface area contributed by atoms with E-state index in [4.69, 9.17) is 4.74 Å². The van der Waals surface area contributed by atoms with Gasteiger partial charge < -0.3 is 20.3 Å². The molecule has 1 aliphatic heterocycles. The lowest BCUT2D eigenvalue weighted by molar-refractivity contribution is -0.133. The fraction of sp³-hybridized carbons (Fsp3) is 0.579. The highest BCUT2D eigenvalue weighted by molar-refractivity contribution is 5.92. The van der Waals surface area contributed by atoms with E-state index < -0.39 is 0 Å². The van der Waals surface area contributed by atoms with Crippen molar-refractivity contribution in [3.8, 4) is 5.75 Å².